The SMILES string of the molecule is N#CCOc1ccc(NC(=O)NCCc2cc(F)cc3c2OCOC3)cc1. The summed E-state index contributed by atoms with van der Waals surface area (Å²) in [7, 11) is 0. The van der Waals surface area contributed by atoms with Gasteiger partial charge < -0.3 is 24.8 Å². The van der Waals surface area contributed by atoms with E-state index < -0.39 is 0 Å². The minimum absolute atomic E-state index is 0.0348. The molecule has 3 rings (SSSR count). The number of carbonyl (C=O) groups is 1. The molecule has 0 unspecified atom stereocenters. The first kappa shape index (κ1) is 18.5. The van der Waals surface area contributed by atoms with Gasteiger partial charge >= 0.3 is 6.03 Å². The van der Waals surface area contributed by atoms with Crippen LogP contribution in [-0.2, 0) is 17.8 Å². The summed E-state index contributed by atoms with van der Waals surface area (Å²) in [5.74, 6) is 0.807. The highest BCUT2D eigenvalue weighted by Crippen LogP contribution is 2.29. The number of nitrogens with zero attached hydrogens (tertiary/aromatic N) is 1. The lowest BCUT2D eigenvalue weighted by atomic mass is 10.1. The van der Waals surface area contributed by atoms with E-state index >= 15 is 0 Å². The van der Waals surface area contributed by atoms with E-state index in [9.17, 15) is 9.18 Å². The van der Waals surface area contributed by atoms with E-state index in [1.807, 2.05) is 6.07 Å². The van der Waals surface area contributed by atoms with E-state index in [1.54, 1.807) is 24.3 Å². The molecule has 2 aromatic carbocycles. The number of amides is 2. The molecule has 0 spiro atoms. The monoisotopic (exact) mass is 371 g/mol. The molecule has 2 N–H and O–H groups in total. The number of urea groups is 1. The van der Waals surface area contributed by atoms with Gasteiger partial charge in [0, 0.05) is 17.8 Å². The van der Waals surface area contributed by atoms with Gasteiger partial charge in [-0.15, -0.1) is 0 Å². The summed E-state index contributed by atoms with van der Waals surface area (Å²) in [4.78, 5) is 12.0. The summed E-state index contributed by atoms with van der Waals surface area (Å²) < 4.78 is 29.4. The number of fused-ring (bicyclic) bond motifs is 1. The zero-order valence-electron chi connectivity index (χ0n) is 14.5. The Kier molecular flexibility index (Phi) is 6.07. The van der Waals surface area contributed by atoms with Crippen LogP contribution in [0.15, 0.2) is 36.4 Å². The van der Waals surface area contributed by atoms with Crippen LogP contribution in [-0.4, -0.2) is 26.0 Å². The molecule has 7 nitrogen and oxygen atoms in total. The molecule has 0 radical (unpaired) electrons. The lowest BCUT2D eigenvalue weighted by Crippen LogP contribution is -2.30. The smallest absolute Gasteiger partial charge is 0.319 e. The fraction of sp³-hybridized carbons (Fsp3) is 0.263. The van der Waals surface area contributed by atoms with Crippen LogP contribution in [0.5, 0.6) is 11.5 Å². The molecule has 0 bridgehead atoms. The Morgan fingerprint density at radius 2 is 2.11 bits per heavy atom. The van der Waals surface area contributed by atoms with E-state index in [-0.39, 0.29) is 25.2 Å². The molecule has 140 valence electrons. The van der Waals surface area contributed by atoms with Crippen LogP contribution in [0.1, 0.15) is 11.1 Å². The highest BCUT2D eigenvalue weighted by Gasteiger charge is 2.16. The van der Waals surface area contributed by atoms with Crippen molar-refractivity contribution in [2.75, 3.05) is 25.3 Å². The molecule has 1 aliphatic heterocycles. The third-order valence-corrected chi connectivity index (χ3v) is 3.85. The second-order valence-electron chi connectivity index (χ2n) is 5.77. The number of hydrogen-bond acceptors (Lipinski definition) is 5. The van der Waals surface area contributed by atoms with Crippen LogP contribution in [0.2, 0.25) is 0 Å². The van der Waals surface area contributed by atoms with Crippen molar-refractivity contribution in [3.05, 3.63) is 53.3 Å². The number of hydrogen-bond donors (Lipinski definition) is 2. The molecule has 8 heteroatoms. The van der Waals surface area contributed by atoms with E-state index in [0.29, 0.717) is 47.9 Å². The Bertz CT molecular complexity index is 849. The Hall–Kier alpha value is -3.31. The van der Waals surface area contributed by atoms with Crippen molar-refractivity contribution in [3.8, 4) is 17.6 Å². The zero-order valence-corrected chi connectivity index (χ0v) is 14.5. The first-order valence-electron chi connectivity index (χ1n) is 8.32. The molecule has 27 heavy (non-hydrogen) atoms. The van der Waals surface area contributed by atoms with Crippen LogP contribution in [0.25, 0.3) is 0 Å². The van der Waals surface area contributed by atoms with Gasteiger partial charge in [0.2, 0.25) is 0 Å². The molecule has 0 saturated heterocycles. The summed E-state index contributed by atoms with van der Waals surface area (Å²) in [5.41, 5.74) is 1.94. The fourth-order valence-corrected chi connectivity index (χ4v) is 2.68. The average Bonchev–Trinajstić information content (AvgIpc) is 2.67. The highest BCUT2D eigenvalue weighted by atomic mass is 19.1. The molecule has 0 saturated carbocycles. The summed E-state index contributed by atoms with van der Waals surface area (Å²) in [6.45, 7) is 0.720. The molecule has 1 aliphatic rings. The Balaban J connectivity index is 1.50. The number of rotatable bonds is 6. The molecule has 0 fully saturated rings. The molecular weight excluding hydrogens is 353 g/mol. The number of nitriles is 1. The molecule has 0 aromatic heterocycles. The average molecular weight is 371 g/mol. The van der Waals surface area contributed by atoms with Crippen molar-refractivity contribution in [2.45, 2.75) is 13.0 Å². The standard InChI is InChI=1S/C19H18FN3O4/c20-15-9-13(18-14(10-15)11-25-12-27-18)5-7-22-19(24)23-16-1-3-17(4-2-16)26-8-6-21/h1-4,9-10H,5,7-8,11-12H2,(H2,22,23,24). The van der Waals surface area contributed by atoms with Gasteiger partial charge in [-0.1, -0.05) is 0 Å². The minimum atomic E-state index is -0.379. The number of carbonyl (C=O) groups excluding carboxylic acids is 1. The van der Waals surface area contributed by atoms with Crippen molar-refractivity contribution >= 4 is 11.7 Å². The molecule has 2 aromatic rings. The summed E-state index contributed by atoms with van der Waals surface area (Å²) in [6.07, 6.45) is 0.425. The lowest BCUT2D eigenvalue weighted by molar-refractivity contribution is -0.0172. The van der Waals surface area contributed by atoms with Crippen molar-refractivity contribution < 1.29 is 23.4 Å². The second kappa shape index (κ2) is 8.87. The van der Waals surface area contributed by atoms with Crippen molar-refractivity contribution in [1.82, 2.24) is 5.32 Å². The normalized spacial score (nSPS) is 12.3. The predicted molar refractivity (Wildman–Crippen MR) is 95.0 cm³/mol. The number of halogens is 1. The van der Waals surface area contributed by atoms with Gasteiger partial charge in [0.05, 0.1) is 6.61 Å². The zero-order chi connectivity index (χ0) is 19.1. The van der Waals surface area contributed by atoms with Gasteiger partial charge in [0.25, 0.3) is 0 Å². The Morgan fingerprint density at radius 1 is 1.30 bits per heavy atom. The summed E-state index contributed by atoms with van der Waals surface area (Å²) >= 11 is 0. The second-order valence-corrected chi connectivity index (χ2v) is 5.77. The van der Waals surface area contributed by atoms with Gasteiger partial charge in [0.1, 0.15) is 23.4 Å². The molecule has 2 amide bonds. The van der Waals surface area contributed by atoms with Crippen LogP contribution in [0.3, 0.4) is 0 Å². The molecule has 0 aliphatic carbocycles. The molecule has 0 atom stereocenters. The van der Waals surface area contributed by atoms with E-state index in [1.165, 1.54) is 12.1 Å². The van der Waals surface area contributed by atoms with Crippen molar-refractivity contribution in [3.63, 3.8) is 0 Å². The van der Waals surface area contributed by atoms with E-state index in [2.05, 4.69) is 10.6 Å². The van der Waals surface area contributed by atoms with Gasteiger partial charge in [-0.3, -0.25) is 0 Å². The number of nitrogens with one attached hydrogen (secondary N) is 2. The Morgan fingerprint density at radius 3 is 2.89 bits per heavy atom. The number of benzene rings is 2. The van der Waals surface area contributed by atoms with Crippen LogP contribution in [0, 0.1) is 17.1 Å². The van der Waals surface area contributed by atoms with Gasteiger partial charge in [-0.2, -0.15) is 5.26 Å². The lowest BCUT2D eigenvalue weighted by Gasteiger charge is -2.21. The van der Waals surface area contributed by atoms with Crippen LogP contribution < -0.4 is 20.1 Å². The third-order valence-electron chi connectivity index (χ3n) is 3.85. The predicted octanol–water partition coefficient (Wildman–Crippen LogP) is 2.96. The highest BCUT2D eigenvalue weighted by molar-refractivity contribution is 5.89. The van der Waals surface area contributed by atoms with Crippen molar-refractivity contribution in [2.24, 2.45) is 0 Å². The van der Waals surface area contributed by atoms with Crippen LogP contribution >= 0.6 is 0 Å². The first-order valence-corrected chi connectivity index (χ1v) is 8.32. The van der Waals surface area contributed by atoms with Gasteiger partial charge in [0.15, 0.2) is 13.4 Å². The third kappa shape index (κ3) is 5.09. The maximum Gasteiger partial charge on any atom is 0.319 e. The van der Waals surface area contributed by atoms with Crippen molar-refractivity contribution in [1.29, 1.82) is 5.26 Å². The summed E-state index contributed by atoms with van der Waals surface area (Å²) in [5, 5.41) is 13.9. The van der Waals surface area contributed by atoms with Crippen LogP contribution in [0.4, 0.5) is 14.9 Å². The fourth-order valence-electron chi connectivity index (χ4n) is 2.68. The quantitative estimate of drug-likeness (QED) is 0.814. The molecule has 1 heterocycles. The Labute approximate surface area is 155 Å². The van der Waals surface area contributed by atoms with Gasteiger partial charge in [-0.05, 0) is 48.4 Å². The van der Waals surface area contributed by atoms with E-state index in [4.69, 9.17) is 19.5 Å². The topological polar surface area (TPSA) is 92.6 Å². The summed E-state index contributed by atoms with van der Waals surface area (Å²) in [6, 6.07) is 11.0. The van der Waals surface area contributed by atoms with E-state index in [0.717, 1.165) is 0 Å². The maximum atomic E-state index is 13.7. The minimum Gasteiger partial charge on any atom is -0.479 e. The number of anilines is 1. The largest absolute Gasteiger partial charge is 0.479 e. The maximum absolute atomic E-state index is 13.7. The number of ether oxygens (including phenoxy) is 3. The molecular formula is C19H18FN3O4. The first-order chi connectivity index (χ1) is 13.2. The van der Waals surface area contributed by atoms with Gasteiger partial charge in [-0.25, -0.2) is 9.18 Å².